The Morgan fingerprint density at radius 1 is 1.24 bits per heavy atom. The lowest BCUT2D eigenvalue weighted by atomic mass is 10.1. The Kier molecular flexibility index (Phi) is 3.45. The zero-order valence-corrected chi connectivity index (χ0v) is 9.22. The molecule has 17 heavy (non-hydrogen) atoms. The summed E-state index contributed by atoms with van der Waals surface area (Å²) in [5.74, 6) is 0.848. The fourth-order valence-corrected chi connectivity index (χ4v) is 1.46. The molecule has 0 bridgehead atoms. The first-order valence-corrected chi connectivity index (χ1v) is 5.31. The molecular formula is C13H13NO3. The van der Waals surface area contributed by atoms with Gasteiger partial charge in [-0.25, -0.2) is 0 Å². The third-order valence-electron chi connectivity index (χ3n) is 2.34. The molecule has 4 nitrogen and oxygen atoms in total. The van der Waals surface area contributed by atoms with Gasteiger partial charge >= 0.3 is 0 Å². The van der Waals surface area contributed by atoms with Crippen LogP contribution < -0.4 is 5.32 Å². The number of benzene rings is 1. The lowest BCUT2D eigenvalue weighted by Crippen LogP contribution is -2.24. The van der Waals surface area contributed by atoms with Crippen LogP contribution in [0.25, 0.3) is 0 Å². The van der Waals surface area contributed by atoms with Crippen LogP contribution in [0, 0.1) is 0 Å². The number of furan rings is 1. The number of carbonyl (C=O) groups excluding carboxylic acids is 1. The third-order valence-corrected chi connectivity index (χ3v) is 2.34. The second-order valence-corrected chi connectivity index (χ2v) is 3.70. The van der Waals surface area contributed by atoms with E-state index in [-0.39, 0.29) is 11.7 Å². The lowest BCUT2D eigenvalue weighted by Gasteiger charge is -2.03. The highest BCUT2D eigenvalue weighted by Gasteiger charge is 2.04. The van der Waals surface area contributed by atoms with Crippen molar-refractivity contribution in [3.63, 3.8) is 0 Å². The van der Waals surface area contributed by atoms with Crippen LogP contribution in [0.4, 0.5) is 0 Å². The number of phenolic OH excluding ortho intramolecular Hbond substituents is 1. The zero-order chi connectivity index (χ0) is 12.1. The Hall–Kier alpha value is -2.23. The minimum Gasteiger partial charge on any atom is -0.508 e. The molecule has 0 spiro atoms. The van der Waals surface area contributed by atoms with E-state index in [0.717, 1.165) is 11.3 Å². The first kappa shape index (κ1) is 11.3. The molecule has 1 amide bonds. The van der Waals surface area contributed by atoms with Gasteiger partial charge in [0.05, 0.1) is 19.2 Å². The minimum absolute atomic E-state index is 0.0768. The topological polar surface area (TPSA) is 62.5 Å². The third kappa shape index (κ3) is 3.38. The molecule has 1 heterocycles. The van der Waals surface area contributed by atoms with Crippen LogP contribution in [-0.2, 0) is 17.8 Å². The largest absolute Gasteiger partial charge is 0.508 e. The number of amides is 1. The highest BCUT2D eigenvalue weighted by Crippen LogP contribution is 2.10. The Labute approximate surface area is 98.9 Å². The van der Waals surface area contributed by atoms with Crippen LogP contribution in [0.3, 0.4) is 0 Å². The van der Waals surface area contributed by atoms with Gasteiger partial charge in [-0.1, -0.05) is 12.1 Å². The molecule has 1 aromatic carbocycles. The van der Waals surface area contributed by atoms with E-state index in [1.807, 2.05) is 0 Å². The second kappa shape index (κ2) is 5.21. The number of phenols is 1. The van der Waals surface area contributed by atoms with Crippen LogP contribution in [0.15, 0.2) is 47.1 Å². The Bertz CT molecular complexity index is 474. The van der Waals surface area contributed by atoms with Crippen LogP contribution in [0.1, 0.15) is 11.3 Å². The van der Waals surface area contributed by atoms with Crippen LogP contribution in [0.5, 0.6) is 5.75 Å². The molecule has 0 saturated carbocycles. The number of nitrogens with one attached hydrogen (secondary N) is 1. The van der Waals surface area contributed by atoms with Crippen molar-refractivity contribution in [1.29, 1.82) is 0 Å². The molecule has 0 fully saturated rings. The second-order valence-electron chi connectivity index (χ2n) is 3.70. The van der Waals surface area contributed by atoms with Crippen molar-refractivity contribution in [3.8, 4) is 5.75 Å². The van der Waals surface area contributed by atoms with Crippen molar-refractivity contribution in [3.05, 3.63) is 54.0 Å². The van der Waals surface area contributed by atoms with E-state index in [1.165, 1.54) is 0 Å². The van der Waals surface area contributed by atoms with Crippen molar-refractivity contribution in [2.45, 2.75) is 13.0 Å². The summed E-state index contributed by atoms with van der Waals surface area (Å²) in [6.07, 6.45) is 1.86. The van der Waals surface area contributed by atoms with Gasteiger partial charge in [-0.2, -0.15) is 0 Å². The van der Waals surface area contributed by atoms with Gasteiger partial charge in [0.15, 0.2) is 0 Å². The van der Waals surface area contributed by atoms with E-state index in [9.17, 15) is 4.79 Å². The van der Waals surface area contributed by atoms with Crippen LogP contribution >= 0.6 is 0 Å². The summed E-state index contributed by atoms with van der Waals surface area (Å²) in [4.78, 5) is 11.6. The Morgan fingerprint density at radius 2 is 2.00 bits per heavy atom. The van der Waals surface area contributed by atoms with Crippen molar-refractivity contribution in [2.75, 3.05) is 0 Å². The average Bonchev–Trinajstić information content (AvgIpc) is 2.83. The zero-order valence-electron chi connectivity index (χ0n) is 9.22. The summed E-state index contributed by atoms with van der Waals surface area (Å²) >= 11 is 0. The summed E-state index contributed by atoms with van der Waals surface area (Å²) in [6.45, 7) is 0.393. The molecule has 88 valence electrons. The predicted octanol–water partition coefficient (Wildman–Crippen LogP) is 1.84. The molecule has 1 aromatic heterocycles. The standard InChI is InChI=1S/C13H13NO3/c15-11-5-3-10(4-6-11)8-13(16)14-9-12-2-1-7-17-12/h1-7,15H,8-9H2,(H,14,16). The van der Waals surface area contributed by atoms with Gasteiger partial charge in [0.25, 0.3) is 0 Å². The first-order chi connectivity index (χ1) is 8.24. The molecular weight excluding hydrogens is 218 g/mol. The number of aromatic hydroxyl groups is 1. The van der Waals surface area contributed by atoms with Gasteiger partial charge in [0.1, 0.15) is 11.5 Å². The molecule has 0 aliphatic heterocycles. The number of carbonyl (C=O) groups is 1. The van der Waals surface area contributed by atoms with Crippen LogP contribution in [-0.4, -0.2) is 11.0 Å². The fourth-order valence-electron chi connectivity index (χ4n) is 1.46. The quantitative estimate of drug-likeness (QED) is 0.844. The summed E-state index contributed by atoms with van der Waals surface area (Å²) in [5, 5.41) is 11.9. The van der Waals surface area contributed by atoms with E-state index >= 15 is 0 Å². The molecule has 0 radical (unpaired) electrons. The van der Waals surface area contributed by atoms with Crippen molar-refractivity contribution in [2.24, 2.45) is 0 Å². The van der Waals surface area contributed by atoms with Crippen molar-refractivity contribution < 1.29 is 14.3 Å². The molecule has 0 atom stereocenters. The normalized spacial score (nSPS) is 10.1. The van der Waals surface area contributed by atoms with E-state index in [4.69, 9.17) is 9.52 Å². The maximum atomic E-state index is 11.6. The summed E-state index contributed by atoms with van der Waals surface area (Å²) < 4.78 is 5.10. The smallest absolute Gasteiger partial charge is 0.224 e. The maximum Gasteiger partial charge on any atom is 0.224 e. The molecule has 2 aromatic rings. The van der Waals surface area contributed by atoms with E-state index in [1.54, 1.807) is 42.7 Å². The SMILES string of the molecule is O=C(Cc1ccc(O)cc1)NCc1ccco1. The Balaban J connectivity index is 1.83. The van der Waals surface area contributed by atoms with Gasteiger partial charge < -0.3 is 14.8 Å². The monoisotopic (exact) mass is 231 g/mol. The van der Waals surface area contributed by atoms with Gasteiger partial charge in [-0.05, 0) is 29.8 Å². The Morgan fingerprint density at radius 3 is 2.65 bits per heavy atom. The molecule has 4 heteroatoms. The first-order valence-electron chi connectivity index (χ1n) is 5.31. The maximum absolute atomic E-state index is 11.6. The van der Waals surface area contributed by atoms with Gasteiger partial charge in [-0.15, -0.1) is 0 Å². The molecule has 0 aliphatic rings. The molecule has 2 N–H and O–H groups in total. The van der Waals surface area contributed by atoms with Crippen molar-refractivity contribution >= 4 is 5.91 Å². The molecule has 0 aliphatic carbocycles. The van der Waals surface area contributed by atoms with E-state index < -0.39 is 0 Å². The van der Waals surface area contributed by atoms with Gasteiger partial charge in [-0.3, -0.25) is 4.79 Å². The van der Waals surface area contributed by atoms with E-state index in [2.05, 4.69) is 5.32 Å². The van der Waals surface area contributed by atoms with E-state index in [0.29, 0.717) is 13.0 Å². The van der Waals surface area contributed by atoms with Crippen molar-refractivity contribution in [1.82, 2.24) is 5.32 Å². The highest BCUT2D eigenvalue weighted by molar-refractivity contribution is 5.78. The number of rotatable bonds is 4. The lowest BCUT2D eigenvalue weighted by molar-refractivity contribution is -0.120. The van der Waals surface area contributed by atoms with Crippen LogP contribution in [0.2, 0.25) is 0 Å². The predicted molar refractivity (Wildman–Crippen MR) is 62.4 cm³/mol. The van der Waals surface area contributed by atoms with Gasteiger partial charge in [0, 0.05) is 0 Å². The summed E-state index contributed by atoms with van der Waals surface area (Å²) in [7, 11) is 0. The molecule has 0 saturated heterocycles. The highest BCUT2D eigenvalue weighted by atomic mass is 16.3. The molecule has 0 unspecified atom stereocenters. The summed E-state index contributed by atoms with van der Waals surface area (Å²) in [5.41, 5.74) is 0.861. The number of hydrogen-bond acceptors (Lipinski definition) is 3. The number of hydrogen-bond donors (Lipinski definition) is 2. The molecule has 2 rings (SSSR count). The van der Waals surface area contributed by atoms with Gasteiger partial charge in [0.2, 0.25) is 5.91 Å². The fraction of sp³-hybridized carbons (Fsp3) is 0.154. The minimum atomic E-state index is -0.0768. The summed E-state index contributed by atoms with van der Waals surface area (Å²) in [6, 6.07) is 10.2. The average molecular weight is 231 g/mol.